The molecule has 0 aromatic heterocycles. The first-order valence-corrected chi connectivity index (χ1v) is 7.33. The van der Waals surface area contributed by atoms with Gasteiger partial charge in [-0.1, -0.05) is 6.07 Å². The molecule has 0 unspecified atom stereocenters. The predicted octanol–water partition coefficient (Wildman–Crippen LogP) is 2.63. The van der Waals surface area contributed by atoms with Crippen molar-refractivity contribution in [2.24, 2.45) is 0 Å². The average Bonchev–Trinajstić information content (AvgIpc) is 2.27. The van der Waals surface area contributed by atoms with Crippen LogP contribution in [0.15, 0.2) is 18.2 Å². The van der Waals surface area contributed by atoms with Gasteiger partial charge in [-0.3, -0.25) is 4.21 Å². The largest absolute Gasteiger partial charge is 0.382 e. The predicted molar refractivity (Wildman–Crippen MR) is 70.4 cm³/mol. The molecule has 1 aromatic carbocycles. The van der Waals surface area contributed by atoms with Crippen LogP contribution in [0, 0.1) is 13.8 Å². The van der Waals surface area contributed by atoms with Crippen LogP contribution in [0.1, 0.15) is 24.0 Å². The van der Waals surface area contributed by atoms with E-state index in [0.717, 1.165) is 24.3 Å². The summed E-state index contributed by atoms with van der Waals surface area (Å²) in [6.45, 7) is 4.26. The van der Waals surface area contributed by atoms with Gasteiger partial charge in [0.25, 0.3) is 0 Å². The van der Waals surface area contributed by atoms with Gasteiger partial charge in [0.2, 0.25) is 0 Å². The van der Waals surface area contributed by atoms with Gasteiger partial charge in [0.15, 0.2) is 0 Å². The highest BCUT2D eigenvalue weighted by Crippen LogP contribution is 2.19. The molecular weight excluding hydrogens is 218 g/mol. The van der Waals surface area contributed by atoms with E-state index in [1.807, 2.05) is 0 Å². The van der Waals surface area contributed by atoms with Crippen molar-refractivity contribution in [1.29, 1.82) is 0 Å². The van der Waals surface area contributed by atoms with Crippen LogP contribution in [0.2, 0.25) is 0 Å². The van der Waals surface area contributed by atoms with Crippen molar-refractivity contribution in [3.05, 3.63) is 29.3 Å². The molecule has 1 heterocycles. The summed E-state index contributed by atoms with van der Waals surface area (Å²) in [4.78, 5) is 0. The van der Waals surface area contributed by atoms with Crippen molar-refractivity contribution in [2.75, 3.05) is 16.8 Å². The fraction of sp³-hybridized carbons (Fsp3) is 0.538. The van der Waals surface area contributed by atoms with Crippen molar-refractivity contribution in [2.45, 2.75) is 32.7 Å². The van der Waals surface area contributed by atoms with Crippen LogP contribution in [0.5, 0.6) is 0 Å². The summed E-state index contributed by atoms with van der Waals surface area (Å²) in [6.07, 6.45) is 2.05. The normalized spacial score (nSPS) is 25.4. The molecule has 0 aliphatic carbocycles. The number of hydrogen-bond donors (Lipinski definition) is 1. The number of nitrogens with one attached hydrogen (secondary N) is 1. The second-order valence-corrected chi connectivity index (χ2v) is 6.26. The number of anilines is 1. The maximum Gasteiger partial charge on any atom is 0.0345 e. The Hall–Kier alpha value is -0.830. The van der Waals surface area contributed by atoms with E-state index in [-0.39, 0.29) is 0 Å². The molecule has 0 saturated carbocycles. The van der Waals surface area contributed by atoms with Gasteiger partial charge in [0, 0.05) is 34.0 Å². The third kappa shape index (κ3) is 2.85. The number of benzene rings is 1. The molecule has 1 aliphatic heterocycles. The van der Waals surface area contributed by atoms with Crippen LogP contribution in [-0.2, 0) is 10.8 Å². The van der Waals surface area contributed by atoms with E-state index in [1.54, 1.807) is 0 Å². The van der Waals surface area contributed by atoms with E-state index in [9.17, 15) is 4.21 Å². The molecule has 1 aromatic rings. The molecule has 2 nitrogen and oxygen atoms in total. The van der Waals surface area contributed by atoms with Crippen LogP contribution in [0.3, 0.4) is 0 Å². The highest BCUT2D eigenvalue weighted by Gasteiger charge is 2.17. The van der Waals surface area contributed by atoms with Crippen LogP contribution < -0.4 is 5.32 Å². The minimum absolute atomic E-state index is 0.500. The van der Waals surface area contributed by atoms with Gasteiger partial charge in [-0.15, -0.1) is 0 Å². The molecular formula is C13H19NOS. The van der Waals surface area contributed by atoms with Crippen LogP contribution in [0.4, 0.5) is 5.69 Å². The second kappa shape index (κ2) is 5.00. The van der Waals surface area contributed by atoms with Gasteiger partial charge in [-0.25, -0.2) is 0 Å². The summed E-state index contributed by atoms with van der Waals surface area (Å²) < 4.78 is 11.2. The lowest BCUT2D eigenvalue weighted by Gasteiger charge is -2.23. The quantitative estimate of drug-likeness (QED) is 0.856. The SMILES string of the molecule is Cc1ccc(NC2CCS(=O)CC2)cc1C. The zero-order chi connectivity index (χ0) is 11.5. The molecule has 0 atom stereocenters. The second-order valence-electron chi connectivity index (χ2n) is 4.57. The van der Waals surface area contributed by atoms with E-state index in [2.05, 4.69) is 37.4 Å². The van der Waals surface area contributed by atoms with Gasteiger partial charge < -0.3 is 5.32 Å². The summed E-state index contributed by atoms with van der Waals surface area (Å²) in [5.74, 6) is 1.70. The molecule has 16 heavy (non-hydrogen) atoms. The maximum absolute atomic E-state index is 11.2. The minimum atomic E-state index is -0.567. The first kappa shape index (κ1) is 11.6. The first-order valence-electron chi connectivity index (χ1n) is 5.84. The Bertz CT molecular complexity index is 393. The van der Waals surface area contributed by atoms with E-state index >= 15 is 0 Å². The fourth-order valence-electron chi connectivity index (χ4n) is 2.01. The zero-order valence-electron chi connectivity index (χ0n) is 9.95. The molecule has 3 heteroatoms. The van der Waals surface area contributed by atoms with Crippen molar-refractivity contribution in [3.8, 4) is 0 Å². The van der Waals surface area contributed by atoms with Gasteiger partial charge in [0.1, 0.15) is 0 Å². The molecule has 1 N–H and O–H groups in total. The highest BCUT2D eigenvalue weighted by atomic mass is 32.2. The van der Waals surface area contributed by atoms with Crippen molar-refractivity contribution in [3.63, 3.8) is 0 Å². The molecule has 2 rings (SSSR count). The molecule has 0 amide bonds. The number of aryl methyl sites for hydroxylation is 2. The lowest BCUT2D eigenvalue weighted by Crippen LogP contribution is -2.29. The topological polar surface area (TPSA) is 29.1 Å². The summed E-state index contributed by atoms with van der Waals surface area (Å²) in [5.41, 5.74) is 3.85. The standard InChI is InChI=1S/C13H19NOS/c1-10-3-4-13(9-11(10)2)14-12-5-7-16(15)8-6-12/h3-4,9,12,14H,5-8H2,1-2H3. The smallest absolute Gasteiger partial charge is 0.0345 e. The molecule has 1 aliphatic rings. The lowest BCUT2D eigenvalue weighted by atomic mass is 10.1. The minimum Gasteiger partial charge on any atom is -0.382 e. The third-order valence-electron chi connectivity index (χ3n) is 3.27. The number of hydrogen-bond acceptors (Lipinski definition) is 2. The lowest BCUT2D eigenvalue weighted by molar-refractivity contribution is 0.624. The Morgan fingerprint density at radius 2 is 1.88 bits per heavy atom. The number of rotatable bonds is 2. The van der Waals surface area contributed by atoms with Gasteiger partial charge in [-0.2, -0.15) is 0 Å². The molecule has 88 valence electrons. The zero-order valence-corrected chi connectivity index (χ0v) is 10.8. The molecule has 0 bridgehead atoms. The summed E-state index contributed by atoms with van der Waals surface area (Å²) in [6, 6.07) is 6.98. The molecule has 0 spiro atoms. The molecule has 0 radical (unpaired) electrons. The Morgan fingerprint density at radius 1 is 1.19 bits per heavy atom. The maximum atomic E-state index is 11.2. The summed E-state index contributed by atoms with van der Waals surface area (Å²) in [7, 11) is -0.567. The molecule has 1 saturated heterocycles. The Kier molecular flexibility index (Phi) is 3.64. The van der Waals surface area contributed by atoms with E-state index < -0.39 is 10.8 Å². The van der Waals surface area contributed by atoms with E-state index in [1.165, 1.54) is 16.8 Å². The van der Waals surface area contributed by atoms with Gasteiger partial charge in [0.05, 0.1) is 0 Å². The first-order chi connectivity index (χ1) is 7.65. The monoisotopic (exact) mass is 237 g/mol. The summed E-state index contributed by atoms with van der Waals surface area (Å²) in [5, 5.41) is 3.54. The summed E-state index contributed by atoms with van der Waals surface area (Å²) >= 11 is 0. The average molecular weight is 237 g/mol. The van der Waals surface area contributed by atoms with Gasteiger partial charge >= 0.3 is 0 Å². The van der Waals surface area contributed by atoms with Gasteiger partial charge in [-0.05, 0) is 49.9 Å². The van der Waals surface area contributed by atoms with Crippen molar-refractivity contribution >= 4 is 16.5 Å². The van der Waals surface area contributed by atoms with E-state index in [4.69, 9.17) is 0 Å². The van der Waals surface area contributed by atoms with Crippen molar-refractivity contribution in [1.82, 2.24) is 0 Å². The third-order valence-corrected chi connectivity index (χ3v) is 4.65. The van der Waals surface area contributed by atoms with Crippen LogP contribution in [0.25, 0.3) is 0 Å². The van der Waals surface area contributed by atoms with Crippen LogP contribution >= 0.6 is 0 Å². The van der Waals surface area contributed by atoms with Crippen LogP contribution in [-0.4, -0.2) is 21.8 Å². The van der Waals surface area contributed by atoms with Crippen molar-refractivity contribution < 1.29 is 4.21 Å². The Morgan fingerprint density at radius 3 is 2.50 bits per heavy atom. The fourth-order valence-corrected chi connectivity index (χ4v) is 3.30. The Balaban J connectivity index is 1.98. The highest BCUT2D eigenvalue weighted by molar-refractivity contribution is 7.85. The van der Waals surface area contributed by atoms with E-state index in [0.29, 0.717) is 6.04 Å². The Labute approximate surface area is 99.9 Å². The molecule has 1 fully saturated rings.